The van der Waals surface area contributed by atoms with Gasteiger partial charge in [0.1, 0.15) is 5.69 Å². The lowest BCUT2D eigenvalue weighted by Gasteiger charge is -2.19. The van der Waals surface area contributed by atoms with Crippen LogP contribution in [0.3, 0.4) is 0 Å². The second-order valence-electron chi connectivity index (χ2n) is 6.68. The summed E-state index contributed by atoms with van der Waals surface area (Å²) in [7, 11) is -3.17. The minimum Gasteiger partial charge on any atom is -0.475 e. The van der Waals surface area contributed by atoms with Crippen molar-refractivity contribution in [2.45, 2.75) is 50.3 Å². The van der Waals surface area contributed by atoms with Crippen molar-refractivity contribution in [1.82, 2.24) is 28.9 Å². The smallest absolute Gasteiger partial charge is 0.475 e. The zero-order valence-electron chi connectivity index (χ0n) is 15.2. The van der Waals surface area contributed by atoms with Crippen LogP contribution in [-0.4, -0.2) is 66.3 Å². The van der Waals surface area contributed by atoms with Gasteiger partial charge in [0.15, 0.2) is 0 Å². The van der Waals surface area contributed by atoms with Crippen LogP contribution in [-0.2, 0) is 34.5 Å². The van der Waals surface area contributed by atoms with Gasteiger partial charge in [0.2, 0.25) is 10.0 Å². The number of carboxylic acids is 1. The highest BCUT2D eigenvalue weighted by Crippen LogP contribution is 2.32. The van der Waals surface area contributed by atoms with Crippen LogP contribution in [0.5, 0.6) is 0 Å². The van der Waals surface area contributed by atoms with Gasteiger partial charge in [0.25, 0.3) is 0 Å². The lowest BCUT2D eigenvalue weighted by molar-refractivity contribution is -0.192. The van der Waals surface area contributed by atoms with E-state index < -0.39 is 22.2 Å². The highest BCUT2D eigenvalue weighted by molar-refractivity contribution is 7.90. The van der Waals surface area contributed by atoms with E-state index in [0.29, 0.717) is 26.2 Å². The zero-order valence-corrected chi connectivity index (χ0v) is 16.0. The van der Waals surface area contributed by atoms with Crippen molar-refractivity contribution in [3.05, 3.63) is 30.1 Å². The molecule has 0 amide bonds. The van der Waals surface area contributed by atoms with E-state index in [1.54, 1.807) is 16.8 Å². The molecule has 4 rings (SSSR count). The number of nitrogens with zero attached hydrogens (tertiary/aromatic N) is 6. The minimum absolute atomic E-state index is 0.174. The van der Waals surface area contributed by atoms with Crippen LogP contribution in [0.2, 0.25) is 0 Å². The summed E-state index contributed by atoms with van der Waals surface area (Å²) in [4.78, 5) is 12.9. The third kappa shape index (κ3) is 5.12. The van der Waals surface area contributed by atoms with Crippen LogP contribution in [0.25, 0.3) is 0 Å². The number of halogens is 3. The predicted octanol–water partition coefficient (Wildman–Crippen LogP) is 0.854. The van der Waals surface area contributed by atoms with Crippen LogP contribution < -0.4 is 0 Å². The van der Waals surface area contributed by atoms with E-state index in [1.165, 1.54) is 0 Å². The van der Waals surface area contributed by atoms with Crippen molar-refractivity contribution in [2.24, 2.45) is 0 Å². The SMILES string of the molecule is O=C(O)C(F)(F)F.O=S(=O)(C1CC1)N1CCCn2nnc(Cn3ccnc3)c2C1. The minimum atomic E-state index is -5.08. The second kappa shape index (κ2) is 8.10. The molecule has 29 heavy (non-hydrogen) atoms. The fourth-order valence-electron chi connectivity index (χ4n) is 2.83. The summed E-state index contributed by atoms with van der Waals surface area (Å²) in [5, 5.41) is 15.4. The molecule has 10 nitrogen and oxygen atoms in total. The molecule has 1 aliphatic heterocycles. The zero-order chi connectivity index (χ0) is 21.2. The maximum Gasteiger partial charge on any atom is 0.490 e. The van der Waals surface area contributed by atoms with Gasteiger partial charge in [0.05, 0.1) is 30.4 Å². The molecule has 0 aromatic carbocycles. The van der Waals surface area contributed by atoms with E-state index in [1.807, 2.05) is 15.4 Å². The average Bonchev–Trinajstić information content (AvgIpc) is 3.34. The molecule has 0 unspecified atom stereocenters. The number of rotatable bonds is 4. The van der Waals surface area contributed by atoms with Crippen molar-refractivity contribution in [2.75, 3.05) is 6.54 Å². The molecule has 14 heteroatoms. The van der Waals surface area contributed by atoms with E-state index in [2.05, 4.69) is 15.3 Å². The number of fused-ring (bicyclic) bond motifs is 1. The largest absolute Gasteiger partial charge is 0.490 e. The number of sulfonamides is 1. The molecule has 3 heterocycles. The Balaban J connectivity index is 0.000000298. The van der Waals surface area contributed by atoms with E-state index >= 15 is 0 Å². The quantitative estimate of drug-likeness (QED) is 0.754. The summed E-state index contributed by atoms with van der Waals surface area (Å²) >= 11 is 0. The number of aromatic nitrogens is 5. The number of aliphatic carboxylic acids is 1. The molecule has 1 N–H and O–H groups in total. The molecule has 0 saturated heterocycles. The molecule has 2 aromatic heterocycles. The van der Waals surface area contributed by atoms with Crippen molar-refractivity contribution in [1.29, 1.82) is 0 Å². The Kier molecular flexibility index (Phi) is 5.93. The van der Waals surface area contributed by atoms with E-state index in [9.17, 15) is 21.6 Å². The van der Waals surface area contributed by atoms with Crippen molar-refractivity contribution in [3.8, 4) is 0 Å². The van der Waals surface area contributed by atoms with E-state index in [4.69, 9.17) is 9.90 Å². The summed E-state index contributed by atoms with van der Waals surface area (Å²) in [6, 6.07) is 0. The normalized spacial score (nSPS) is 17.8. The third-order valence-corrected chi connectivity index (χ3v) is 6.81. The van der Waals surface area contributed by atoms with E-state index in [-0.39, 0.29) is 5.25 Å². The molecule has 0 radical (unpaired) electrons. The van der Waals surface area contributed by atoms with E-state index in [0.717, 1.165) is 30.7 Å². The van der Waals surface area contributed by atoms with Crippen LogP contribution in [0.1, 0.15) is 30.7 Å². The molecule has 2 aromatic rings. The number of carbonyl (C=O) groups is 1. The van der Waals surface area contributed by atoms with Gasteiger partial charge in [-0.1, -0.05) is 5.21 Å². The molecule has 0 atom stereocenters. The lowest BCUT2D eigenvalue weighted by Crippen LogP contribution is -2.33. The fourth-order valence-corrected chi connectivity index (χ4v) is 4.67. The summed E-state index contributed by atoms with van der Waals surface area (Å²) in [6.45, 7) is 2.21. The fraction of sp³-hybridized carbons (Fsp3) is 0.600. The third-order valence-electron chi connectivity index (χ3n) is 4.46. The Labute approximate surface area is 164 Å². The van der Waals surface area contributed by atoms with Gasteiger partial charge in [0, 0.05) is 25.5 Å². The highest BCUT2D eigenvalue weighted by atomic mass is 32.2. The maximum atomic E-state index is 12.5. The topological polar surface area (TPSA) is 123 Å². The van der Waals surface area contributed by atoms with Crippen LogP contribution in [0.15, 0.2) is 18.7 Å². The lowest BCUT2D eigenvalue weighted by atomic mass is 10.3. The molecule has 2 aliphatic rings. The first-order valence-corrected chi connectivity index (χ1v) is 10.3. The number of alkyl halides is 3. The Morgan fingerprint density at radius 3 is 2.52 bits per heavy atom. The predicted molar refractivity (Wildman–Crippen MR) is 92.0 cm³/mol. The molecular formula is C15H19F3N6O4S. The average molecular weight is 436 g/mol. The maximum absolute atomic E-state index is 12.5. The standard InChI is InChI=1S/C13H18N6O2S.C2HF3O2/c20-22(21,11-2-3-11)18-5-1-6-19-13(9-18)12(15-16-19)8-17-7-4-14-10-17;3-2(4,5)1(6)7/h4,7,10-11H,1-3,5-6,8-9H2;(H,6,7). The summed E-state index contributed by atoms with van der Waals surface area (Å²) in [5.74, 6) is -2.76. The molecule has 160 valence electrons. The van der Waals surface area contributed by atoms with Gasteiger partial charge < -0.3 is 9.67 Å². The first-order valence-electron chi connectivity index (χ1n) is 8.75. The van der Waals surface area contributed by atoms with Gasteiger partial charge >= 0.3 is 12.1 Å². The molecule has 0 bridgehead atoms. The van der Waals surface area contributed by atoms with Crippen molar-refractivity contribution >= 4 is 16.0 Å². The number of hydrogen-bond acceptors (Lipinski definition) is 6. The van der Waals surface area contributed by atoms with Crippen molar-refractivity contribution in [3.63, 3.8) is 0 Å². The second-order valence-corrected chi connectivity index (χ2v) is 8.89. The van der Waals surface area contributed by atoms with Crippen LogP contribution in [0, 0.1) is 0 Å². The first-order chi connectivity index (χ1) is 13.6. The van der Waals surface area contributed by atoms with Crippen LogP contribution in [0.4, 0.5) is 13.2 Å². The Bertz CT molecular complexity index is 953. The summed E-state index contributed by atoms with van der Waals surface area (Å²) < 4.78 is 62.1. The monoisotopic (exact) mass is 436 g/mol. The highest BCUT2D eigenvalue weighted by Gasteiger charge is 2.41. The summed E-state index contributed by atoms with van der Waals surface area (Å²) in [6.07, 6.45) is 2.57. The summed E-state index contributed by atoms with van der Waals surface area (Å²) in [5.41, 5.74) is 1.71. The van der Waals surface area contributed by atoms with Gasteiger partial charge in [-0.15, -0.1) is 5.10 Å². The number of carboxylic acid groups (broad SMARTS) is 1. The van der Waals surface area contributed by atoms with Gasteiger partial charge in [-0.25, -0.2) is 22.9 Å². The number of hydrogen-bond donors (Lipinski definition) is 1. The van der Waals surface area contributed by atoms with Crippen LogP contribution >= 0.6 is 0 Å². The molecule has 1 fully saturated rings. The Morgan fingerprint density at radius 2 is 1.97 bits per heavy atom. The molecular weight excluding hydrogens is 417 g/mol. The number of imidazole rings is 1. The van der Waals surface area contributed by atoms with Gasteiger partial charge in [-0.05, 0) is 19.3 Å². The first kappa shape index (κ1) is 21.2. The Morgan fingerprint density at radius 1 is 1.28 bits per heavy atom. The molecule has 1 aliphatic carbocycles. The van der Waals surface area contributed by atoms with Gasteiger partial charge in [-0.2, -0.15) is 17.5 Å². The number of aryl methyl sites for hydroxylation is 1. The Hall–Kier alpha value is -2.48. The molecule has 0 spiro atoms. The van der Waals surface area contributed by atoms with Crippen molar-refractivity contribution < 1.29 is 31.5 Å². The van der Waals surface area contributed by atoms with Gasteiger partial charge in [-0.3, -0.25) is 0 Å². The molecule has 1 saturated carbocycles.